The number of aromatic nitrogens is 3. The lowest BCUT2D eigenvalue weighted by Crippen LogP contribution is -1.98. The summed E-state index contributed by atoms with van der Waals surface area (Å²) in [5.74, 6) is 0.565. The van der Waals surface area contributed by atoms with Gasteiger partial charge in [-0.3, -0.25) is 4.40 Å². The summed E-state index contributed by atoms with van der Waals surface area (Å²) >= 11 is 3.32. The van der Waals surface area contributed by atoms with E-state index in [-0.39, 0.29) is 0 Å². The Hall–Kier alpha value is -1.10. The first-order valence-electron chi connectivity index (χ1n) is 4.35. The summed E-state index contributed by atoms with van der Waals surface area (Å²) in [6.45, 7) is 4.45. The molecule has 2 aromatic rings. The number of halogens is 1. The Bertz CT molecular complexity index is 466. The SMILES string of the molecule is CCOc1nc(Br)cn2cc(C)nc12. The minimum Gasteiger partial charge on any atom is -0.475 e. The van der Waals surface area contributed by atoms with E-state index in [1.54, 1.807) is 0 Å². The van der Waals surface area contributed by atoms with Crippen LogP contribution in [-0.4, -0.2) is 21.0 Å². The van der Waals surface area contributed by atoms with Gasteiger partial charge < -0.3 is 4.74 Å². The lowest BCUT2D eigenvalue weighted by atomic mass is 10.6. The molecule has 0 aliphatic carbocycles. The van der Waals surface area contributed by atoms with Gasteiger partial charge in [0.25, 0.3) is 5.88 Å². The van der Waals surface area contributed by atoms with Crippen LogP contribution < -0.4 is 4.74 Å². The Balaban J connectivity index is 2.66. The fraction of sp³-hybridized carbons (Fsp3) is 0.333. The van der Waals surface area contributed by atoms with Crippen molar-refractivity contribution in [2.45, 2.75) is 13.8 Å². The zero-order valence-electron chi connectivity index (χ0n) is 7.99. The van der Waals surface area contributed by atoms with Gasteiger partial charge >= 0.3 is 0 Å². The zero-order chi connectivity index (χ0) is 10.1. The average Bonchev–Trinajstić information content (AvgIpc) is 2.45. The van der Waals surface area contributed by atoms with Crippen LogP contribution in [0.1, 0.15) is 12.6 Å². The minimum atomic E-state index is 0.565. The minimum absolute atomic E-state index is 0.565. The molecule has 0 aromatic carbocycles. The Kier molecular flexibility index (Phi) is 2.41. The van der Waals surface area contributed by atoms with Crippen molar-refractivity contribution in [2.24, 2.45) is 0 Å². The molecule has 2 heterocycles. The lowest BCUT2D eigenvalue weighted by Gasteiger charge is -2.03. The van der Waals surface area contributed by atoms with Crippen LogP contribution in [0.2, 0.25) is 0 Å². The van der Waals surface area contributed by atoms with E-state index >= 15 is 0 Å². The van der Waals surface area contributed by atoms with Crippen molar-refractivity contribution >= 4 is 21.6 Å². The maximum absolute atomic E-state index is 5.39. The summed E-state index contributed by atoms with van der Waals surface area (Å²) < 4.78 is 8.03. The molecule has 0 atom stereocenters. The van der Waals surface area contributed by atoms with Gasteiger partial charge in [-0.25, -0.2) is 9.97 Å². The second-order valence-electron chi connectivity index (χ2n) is 2.91. The third kappa shape index (κ3) is 1.59. The molecule has 5 heteroatoms. The Morgan fingerprint density at radius 2 is 2.21 bits per heavy atom. The van der Waals surface area contributed by atoms with Gasteiger partial charge in [0.15, 0.2) is 0 Å². The van der Waals surface area contributed by atoms with Crippen LogP contribution >= 0.6 is 15.9 Å². The largest absolute Gasteiger partial charge is 0.475 e. The molecule has 2 aromatic heterocycles. The molecule has 0 unspecified atom stereocenters. The number of fused-ring (bicyclic) bond motifs is 1. The predicted molar refractivity (Wildman–Crippen MR) is 56.6 cm³/mol. The van der Waals surface area contributed by atoms with Gasteiger partial charge in [-0.1, -0.05) is 0 Å². The zero-order valence-corrected chi connectivity index (χ0v) is 9.58. The maximum atomic E-state index is 5.39. The summed E-state index contributed by atoms with van der Waals surface area (Å²) in [7, 11) is 0. The highest BCUT2D eigenvalue weighted by molar-refractivity contribution is 9.10. The number of rotatable bonds is 2. The number of ether oxygens (including phenoxy) is 1. The molecule has 0 radical (unpaired) electrons. The van der Waals surface area contributed by atoms with Crippen molar-refractivity contribution in [3.63, 3.8) is 0 Å². The number of hydrogen-bond donors (Lipinski definition) is 0. The van der Waals surface area contributed by atoms with E-state index in [4.69, 9.17) is 4.74 Å². The van der Waals surface area contributed by atoms with Crippen LogP contribution in [0, 0.1) is 6.92 Å². The molecule has 0 saturated heterocycles. The van der Waals surface area contributed by atoms with E-state index in [0.29, 0.717) is 12.5 Å². The van der Waals surface area contributed by atoms with E-state index in [9.17, 15) is 0 Å². The van der Waals surface area contributed by atoms with Crippen molar-refractivity contribution < 1.29 is 4.74 Å². The highest BCUT2D eigenvalue weighted by Gasteiger charge is 2.08. The summed E-state index contributed by atoms with van der Waals surface area (Å²) in [4.78, 5) is 8.54. The molecule has 0 bridgehead atoms. The number of imidazole rings is 1. The first kappa shape index (κ1) is 9.45. The Labute approximate surface area is 90.1 Å². The standard InChI is InChI=1S/C9H10BrN3O/c1-3-14-9-8-11-6(2)4-13(8)5-7(10)12-9/h4-5H,3H2,1-2H3. The summed E-state index contributed by atoms with van der Waals surface area (Å²) in [6, 6.07) is 0. The van der Waals surface area contributed by atoms with E-state index < -0.39 is 0 Å². The highest BCUT2D eigenvalue weighted by atomic mass is 79.9. The van der Waals surface area contributed by atoms with E-state index in [1.165, 1.54) is 0 Å². The molecule has 0 spiro atoms. The summed E-state index contributed by atoms with van der Waals surface area (Å²) in [5.41, 5.74) is 1.71. The van der Waals surface area contributed by atoms with E-state index in [2.05, 4.69) is 25.9 Å². The molecule has 0 fully saturated rings. The van der Waals surface area contributed by atoms with Crippen LogP contribution in [-0.2, 0) is 0 Å². The van der Waals surface area contributed by atoms with Crippen molar-refractivity contribution in [2.75, 3.05) is 6.61 Å². The molecule has 0 amide bonds. The van der Waals surface area contributed by atoms with Gasteiger partial charge in [0.1, 0.15) is 4.60 Å². The molecule has 0 aliphatic rings. The van der Waals surface area contributed by atoms with Gasteiger partial charge in [0.2, 0.25) is 5.65 Å². The van der Waals surface area contributed by atoms with E-state index in [0.717, 1.165) is 15.9 Å². The molecule has 14 heavy (non-hydrogen) atoms. The van der Waals surface area contributed by atoms with Crippen molar-refractivity contribution in [1.82, 2.24) is 14.4 Å². The molecular weight excluding hydrogens is 246 g/mol. The molecule has 2 rings (SSSR count). The lowest BCUT2D eigenvalue weighted by molar-refractivity contribution is 0.328. The van der Waals surface area contributed by atoms with Gasteiger partial charge in [-0.15, -0.1) is 0 Å². The topological polar surface area (TPSA) is 39.4 Å². The monoisotopic (exact) mass is 255 g/mol. The maximum Gasteiger partial charge on any atom is 0.259 e. The number of aryl methyl sites for hydroxylation is 1. The molecule has 0 saturated carbocycles. The van der Waals surface area contributed by atoms with Crippen LogP contribution in [0.5, 0.6) is 5.88 Å². The van der Waals surface area contributed by atoms with Crippen LogP contribution in [0.15, 0.2) is 17.0 Å². The number of nitrogens with zero attached hydrogens (tertiary/aromatic N) is 3. The van der Waals surface area contributed by atoms with Crippen LogP contribution in [0.25, 0.3) is 5.65 Å². The number of hydrogen-bond acceptors (Lipinski definition) is 3. The highest BCUT2D eigenvalue weighted by Crippen LogP contribution is 2.19. The van der Waals surface area contributed by atoms with Gasteiger partial charge in [-0.2, -0.15) is 0 Å². The van der Waals surface area contributed by atoms with Crippen molar-refractivity contribution in [1.29, 1.82) is 0 Å². The van der Waals surface area contributed by atoms with Gasteiger partial charge in [0.05, 0.1) is 12.3 Å². The summed E-state index contributed by atoms with van der Waals surface area (Å²) in [5, 5.41) is 0. The fourth-order valence-electron chi connectivity index (χ4n) is 1.30. The normalized spacial score (nSPS) is 10.8. The van der Waals surface area contributed by atoms with Crippen molar-refractivity contribution in [3.8, 4) is 5.88 Å². The second-order valence-corrected chi connectivity index (χ2v) is 3.73. The van der Waals surface area contributed by atoms with Crippen LogP contribution in [0.3, 0.4) is 0 Å². The molecular formula is C9H10BrN3O. The second kappa shape index (κ2) is 3.57. The molecule has 74 valence electrons. The first-order valence-corrected chi connectivity index (χ1v) is 5.14. The van der Waals surface area contributed by atoms with Gasteiger partial charge in [0, 0.05) is 12.4 Å². The van der Waals surface area contributed by atoms with Crippen molar-refractivity contribution in [3.05, 3.63) is 22.7 Å². The smallest absolute Gasteiger partial charge is 0.259 e. The molecule has 4 nitrogen and oxygen atoms in total. The fourth-order valence-corrected chi connectivity index (χ4v) is 1.68. The third-order valence-electron chi connectivity index (χ3n) is 1.78. The predicted octanol–water partition coefficient (Wildman–Crippen LogP) is 2.20. The quantitative estimate of drug-likeness (QED) is 0.826. The summed E-state index contributed by atoms with van der Waals surface area (Å²) in [6.07, 6.45) is 3.79. The molecule has 0 N–H and O–H groups in total. The average molecular weight is 256 g/mol. The van der Waals surface area contributed by atoms with Crippen LogP contribution in [0.4, 0.5) is 0 Å². The molecule has 0 aliphatic heterocycles. The first-order chi connectivity index (χ1) is 6.70. The third-order valence-corrected chi connectivity index (χ3v) is 2.16. The Morgan fingerprint density at radius 1 is 1.43 bits per heavy atom. The van der Waals surface area contributed by atoms with Gasteiger partial charge in [-0.05, 0) is 29.8 Å². The van der Waals surface area contributed by atoms with E-state index in [1.807, 2.05) is 30.6 Å². The Morgan fingerprint density at radius 3 is 2.93 bits per heavy atom.